The molecule has 0 N–H and O–H groups in total. The number of thiophene rings is 1. The predicted octanol–water partition coefficient (Wildman–Crippen LogP) is 16.1. The molecular weight excluding hydrogens is 804 g/mol. The van der Waals surface area contributed by atoms with Gasteiger partial charge in [-0.2, -0.15) is 0 Å². The largest absolute Gasteiger partial charge is 0.375 e. The topological polar surface area (TPSA) is 6.48 Å². The van der Waals surface area contributed by atoms with Crippen molar-refractivity contribution in [3.63, 3.8) is 0 Å². The average molecular weight is 871 g/mol. The van der Waals surface area contributed by atoms with Gasteiger partial charge in [0.15, 0.2) is 0 Å². The molecule has 3 aliphatic carbocycles. The van der Waals surface area contributed by atoms with Gasteiger partial charge in [-0.1, -0.05) is 138 Å². The summed E-state index contributed by atoms with van der Waals surface area (Å²) in [6.07, 6.45) is 7.16. The first-order chi connectivity index (χ1) is 30.6. The van der Waals surface area contributed by atoms with Crippen LogP contribution in [0.25, 0.3) is 31.3 Å². The molecule has 0 atom stereocenters. The van der Waals surface area contributed by atoms with Gasteiger partial charge in [-0.3, -0.25) is 0 Å². The Balaban J connectivity index is 1.23. The molecule has 4 heteroatoms. The Hall–Kier alpha value is -4.80. The molecule has 6 aromatic carbocycles. The average Bonchev–Trinajstić information content (AvgIpc) is 3.64. The normalized spacial score (nSPS) is 21.0. The molecule has 0 amide bonds. The van der Waals surface area contributed by atoms with Crippen molar-refractivity contribution in [3.8, 4) is 11.1 Å². The molecule has 0 saturated heterocycles. The van der Waals surface area contributed by atoms with Crippen molar-refractivity contribution in [1.29, 1.82) is 0 Å². The van der Waals surface area contributed by atoms with Gasteiger partial charge in [0.1, 0.15) is 0 Å². The second-order valence-electron chi connectivity index (χ2n) is 25.0. The lowest BCUT2D eigenvalue weighted by Gasteiger charge is -2.49. The molecule has 0 saturated carbocycles. The zero-order chi connectivity index (χ0) is 45.5. The van der Waals surface area contributed by atoms with Crippen molar-refractivity contribution in [2.75, 3.05) is 9.71 Å². The number of rotatable bonds is 2. The minimum atomic E-state index is -0.0351. The van der Waals surface area contributed by atoms with E-state index in [1.165, 1.54) is 148 Å². The van der Waals surface area contributed by atoms with Crippen molar-refractivity contribution >= 4 is 77.7 Å². The fraction of sp³-hybridized carbons (Fsp3) is 0.410. The van der Waals surface area contributed by atoms with E-state index in [0.29, 0.717) is 0 Å². The molecule has 5 aliphatic rings. The van der Waals surface area contributed by atoms with Crippen LogP contribution in [-0.2, 0) is 32.5 Å². The minimum absolute atomic E-state index is 0.0351. The van der Waals surface area contributed by atoms with Crippen LogP contribution in [-0.4, -0.2) is 6.85 Å². The fourth-order valence-corrected chi connectivity index (χ4v) is 14.7. The summed E-state index contributed by atoms with van der Waals surface area (Å²) in [5.41, 5.74) is 23.1. The smallest absolute Gasteiger partial charge is 0.333 e. The Labute approximate surface area is 393 Å². The van der Waals surface area contributed by atoms with Crippen LogP contribution in [0.4, 0.5) is 28.4 Å². The van der Waals surface area contributed by atoms with Crippen LogP contribution in [0.3, 0.4) is 0 Å². The molecule has 7 aromatic rings. The van der Waals surface area contributed by atoms with Gasteiger partial charge in [-0.15, -0.1) is 11.3 Å². The maximum absolute atomic E-state index is 2.84. The number of aryl methyl sites for hydroxylation is 1. The highest BCUT2D eigenvalue weighted by atomic mass is 32.1. The Kier molecular flexibility index (Phi) is 8.46. The van der Waals surface area contributed by atoms with Gasteiger partial charge in [0.2, 0.25) is 0 Å². The summed E-state index contributed by atoms with van der Waals surface area (Å²) in [5, 5.41) is 2.71. The number of hydrogen-bond acceptors (Lipinski definition) is 3. The first-order valence-corrected chi connectivity index (χ1v) is 25.6. The Morgan fingerprint density at radius 2 is 0.985 bits per heavy atom. The SMILES string of the molecule is Cc1cc2c3c(c1)N(c1ccc4c(c1)C(C)(C)CCC4(C)C)c1cc4c(cc1B3N(c1ccc3c(c1)C(C)(C)CCC3(C)C)c1c-2ccc2c1sc1ccccc12)C(C)(C)CCC4(C)C. The van der Waals surface area contributed by atoms with E-state index >= 15 is 0 Å². The molecule has 0 spiro atoms. The Bertz CT molecular complexity index is 3210. The van der Waals surface area contributed by atoms with Crippen molar-refractivity contribution in [3.05, 3.63) is 136 Å². The zero-order valence-electron chi connectivity index (χ0n) is 41.4. The molecule has 1 aromatic heterocycles. The third-order valence-corrected chi connectivity index (χ3v) is 19.1. The van der Waals surface area contributed by atoms with E-state index in [1.807, 2.05) is 11.3 Å². The fourth-order valence-electron chi connectivity index (χ4n) is 13.4. The van der Waals surface area contributed by atoms with Gasteiger partial charge in [-0.25, -0.2) is 0 Å². The summed E-state index contributed by atoms with van der Waals surface area (Å²) < 4.78 is 2.74. The summed E-state index contributed by atoms with van der Waals surface area (Å²) in [7, 11) is 0. The van der Waals surface area contributed by atoms with E-state index in [4.69, 9.17) is 0 Å². The summed E-state index contributed by atoms with van der Waals surface area (Å²) in [6, 6.07) is 39.7. The number of benzene rings is 6. The molecule has 12 rings (SSSR count). The van der Waals surface area contributed by atoms with E-state index in [2.05, 4.69) is 197 Å². The zero-order valence-corrected chi connectivity index (χ0v) is 42.2. The number of hydrogen-bond donors (Lipinski definition) is 0. The lowest BCUT2D eigenvalue weighted by atomic mass is 9.42. The van der Waals surface area contributed by atoms with Crippen molar-refractivity contribution in [1.82, 2.24) is 0 Å². The molecule has 0 bridgehead atoms. The van der Waals surface area contributed by atoms with E-state index in [0.717, 1.165) is 0 Å². The van der Waals surface area contributed by atoms with Gasteiger partial charge in [0.25, 0.3) is 0 Å². The standard InChI is InChI=1S/C61H67BN2S/c1-36-30-42-40-20-21-41-39-16-14-15-17-52(39)65-55(41)54(40)64(38-19-23-44-46(33-38)59(8,9)27-25-57(44,4)5)62-49-34-47-48(61(12,13)29-28-60(47,10)11)35-50(49)63(51(31-36)53(42)62)37-18-22-43-45(32-37)58(6,7)26-24-56(43,2)3/h14-23,30-35H,24-29H2,1-13H3. The first-order valence-electron chi connectivity index (χ1n) is 24.8. The highest BCUT2D eigenvalue weighted by Gasteiger charge is 2.49. The van der Waals surface area contributed by atoms with E-state index < -0.39 is 0 Å². The van der Waals surface area contributed by atoms with Gasteiger partial charge in [-0.05, 0) is 176 Å². The molecule has 3 heterocycles. The molecule has 2 nitrogen and oxygen atoms in total. The predicted molar refractivity (Wildman–Crippen MR) is 284 cm³/mol. The second-order valence-corrected chi connectivity index (χ2v) is 26.1. The maximum atomic E-state index is 2.84. The quantitative estimate of drug-likeness (QED) is 0.160. The van der Waals surface area contributed by atoms with E-state index in [1.54, 1.807) is 0 Å². The molecule has 65 heavy (non-hydrogen) atoms. The summed E-state index contributed by atoms with van der Waals surface area (Å²) in [5.74, 6) is 0. The molecule has 0 unspecified atom stereocenters. The van der Waals surface area contributed by atoms with Crippen LogP contribution in [0.15, 0.2) is 97.1 Å². The second kappa shape index (κ2) is 13.2. The molecule has 2 aliphatic heterocycles. The third kappa shape index (κ3) is 5.84. The van der Waals surface area contributed by atoms with Gasteiger partial charge in [0.05, 0.1) is 10.4 Å². The highest BCUT2D eigenvalue weighted by Crippen LogP contribution is 2.56. The summed E-state index contributed by atoms with van der Waals surface area (Å²) >= 11 is 1.98. The van der Waals surface area contributed by atoms with E-state index in [9.17, 15) is 0 Å². The monoisotopic (exact) mass is 871 g/mol. The van der Waals surface area contributed by atoms with Gasteiger partial charge in [0, 0.05) is 43.8 Å². The molecule has 330 valence electrons. The molecular formula is C61H67BN2S. The Morgan fingerprint density at radius 3 is 1.60 bits per heavy atom. The minimum Gasteiger partial charge on any atom is -0.375 e. The van der Waals surface area contributed by atoms with Gasteiger partial charge >= 0.3 is 6.85 Å². The summed E-state index contributed by atoms with van der Waals surface area (Å²) in [6.45, 7) is 32.1. The van der Waals surface area contributed by atoms with Crippen LogP contribution >= 0.6 is 11.3 Å². The maximum Gasteiger partial charge on any atom is 0.333 e. The van der Waals surface area contributed by atoms with Crippen LogP contribution in [0.2, 0.25) is 0 Å². The summed E-state index contributed by atoms with van der Waals surface area (Å²) in [4.78, 5) is 5.56. The first kappa shape index (κ1) is 41.6. The lowest BCUT2D eigenvalue weighted by Crippen LogP contribution is -2.62. The van der Waals surface area contributed by atoms with Gasteiger partial charge < -0.3 is 9.71 Å². The molecule has 0 fully saturated rings. The van der Waals surface area contributed by atoms with Crippen LogP contribution in [0.5, 0.6) is 0 Å². The number of anilines is 5. The van der Waals surface area contributed by atoms with Crippen molar-refractivity contribution in [2.24, 2.45) is 0 Å². The van der Waals surface area contributed by atoms with Crippen molar-refractivity contribution in [2.45, 2.75) is 161 Å². The van der Waals surface area contributed by atoms with Crippen LogP contribution < -0.4 is 20.6 Å². The number of nitrogens with zero attached hydrogens (tertiary/aromatic N) is 2. The van der Waals surface area contributed by atoms with E-state index in [-0.39, 0.29) is 39.3 Å². The van der Waals surface area contributed by atoms with Crippen LogP contribution in [0.1, 0.15) is 161 Å². The molecule has 0 radical (unpaired) electrons. The van der Waals surface area contributed by atoms with Crippen molar-refractivity contribution < 1.29 is 0 Å². The third-order valence-electron chi connectivity index (χ3n) is 17.9. The lowest BCUT2D eigenvalue weighted by molar-refractivity contribution is 0.332. The Morgan fingerprint density at radius 1 is 0.462 bits per heavy atom. The van der Waals surface area contributed by atoms with Crippen LogP contribution in [0, 0.1) is 6.92 Å². The number of fused-ring (bicyclic) bond motifs is 11. The highest BCUT2D eigenvalue weighted by molar-refractivity contribution is 7.26.